The lowest BCUT2D eigenvalue weighted by Gasteiger charge is -2.14. The highest BCUT2D eigenvalue weighted by molar-refractivity contribution is 5.57. The van der Waals surface area contributed by atoms with Crippen LogP contribution in [0.5, 0.6) is 5.88 Å². The Morgan fingerprint density at radius 3 is 2.81 bits per heavy atom. The minimum atomic E-state index is -0.897. The van der Waals surface area contributed by atoms with Crippen LogP contribution in [0.15, 0.2) is 16.0 Å². The summed E-state index contributed by atoms with van der Waals surface area (Å²) in [7, 11) is 0. The van der Waals surface area contributed by atoms with E-state index in [0.717, 1.165) is 12.8 Å². The van der Waals surface area contributed by atoms with Crippen molar-refractivity contribution in [2.75, 3.05) is 18.0 Å². The molecule has 2 aliphatic rings. The normalized spacial score (nSPS) is 21.7. The third kappa shape index (κ3) is 2.94. The summed E-state index contributed by atoms with van der Waals surface area (Å²) in [5, 5.41) is 14.7. The molecule has 27 heavy (non-hydrogen) atoms. The number of nitrogens with one attached hydrogen (secondary N) is 2. The molecule has 4 heterocycles. The van der Waals surface area contributed by atoms with Gasteiger partial charge in [0, 0.05) is 11.8 Å². The maximum absolute atomic E-state index is 13.6. The van der Waals surface area contributed by atoms with Crippen LogP contribution in [0.1, 0.15) is 25.0 Å². The number of imidazole rings is 1. The van der Waals surface area contributed by atoms with Crippen molar-refractivity contribution < 1.29 is 9.50 Å². The number of hydrogen-bond donors (Lipinski definition) is 3. The number of nitrogens with zero attached hydrogens (tertiary/aromatic N) is 6. The van der Waals surface area contributed by atoms with Crippen molar-refractivity contribution in [3.63, 3.8) is 0 Å². The molecule has 11 heteroatoms. The van der Waals surface area contributed by atoms with Gasteiger partial charge in [-0.25, -0.2) is 14.2 Å². The Hall–Kier alpha value is -3.24. The van der Waals surface area contributed by atoms with E-state index in [1.165, 1.54) is 4.52 Å². The predicted molar refractivity (Wildman–Crippen MR) is 93.0 cm³/mol. The van der Waals surface area contributed by atoms with Gasteiger partial charge in [0.05, 0.1) is 18.8 Å². The van der Waals surface area contributed by atoms with E-state index in [1.807, 2.05) is 0 Å². The van der Waals surface area contributed by atoms with Crippen molar-refractivity contribution in [2.45, 2.75) is 31.5 Å². The highest BCUT2D eigenvalue weighted by atomic mass is 19.1. The number of anilines is 1. The van der Waals surface area contributed by atoms with Crippen molar-refractivity contribution in [2.24, 2.45) is 4.99 Å². The molecule has 3 aromatic rings. The Kier molecular flexibility index (Phi) is 3.49. The number of aromatic nitrogens is 6. The van der Waals surface area contributed by atoms with Gasteiger partial charge in [0.2, 0.25) is 11.8 Å². The maximum atomic E-state index is 13.6. The highest BCUT2D eigenvalue weighted by Crippen LogP contribution is 2.22. The number of H-pyrrole nitrogens is 2. The number of halogens is 1. The van der Waals surface area contributed by atoms with E-state index in [-0.39, 0.29) is 24.2 Å². The zero-order valence-electron chi connectivity index (χ0n) is 14.3. The second-order valence-electron chi connectivity index (χ2n) is 6.84. The molecule has 0 unspecified atom stereocenters. The lowest BCUT2D eigenvalue weighted by Crippen LogP contribution is -2.30. The molecule has 1 saturated carbocycles. The minimum Gasteiger partial charge on any atom is -0.493 e. The largest absolute Gasteiger partial charge is 0.493 e. The second kappa shape index (κ2) is 5.89. The van der Waals surface area contributed by atoms with Crippen molar-refractivity contribution in [3.8, 4) is 5.88 Å². The third-order valence-corrected chi connectivity index (χ3v) is 4.66. The summed E-state index contributed by atoms with van der Waals surface area (Å²) < 4.78 is 15.2. The summed E-state index contributed by atoms with van der Waals surface area (Å²) in [5.74, 6) is 0.139. The molecule has 1 aliphatic carbocycles. The van der Waals surface area contributed by atoms with Crippen LogP contribution in [0.25, 0.3) is 11.7 Å². The molecule has 0 spiro atoms. The molecule has 2 fully saturated rings. The van der Waals surface area contributed by atoms with Crippen LogP contribution in [0, 0.1) is 0 Å². The molecule has 3 N–H and O–H groups in total. The number of alkyl halides is 1. The molecule has 1 saturated heterocycles. The van der Waals surface area contributed by atoms with Crippen LogP contribution < -0.4 is 21.4 Å². The fourth-order valence-electron chi connectivity index (χ4n) is 3.11. The average molecular weight is 372 g/mol. The molecular weight excluding hydrogens is 355 g/mol. The van der Waals surface area contributed by atoms with E-state index >= 15 is 0 Å². The molecule has 0 amide bonds. The number of aromatic hydroxyl groups is 1. The molecular formula is C16H17FN8O2. The number of hydrogen-bond acceptors (Lipinski definition) is 7. The quantitative estimate of drug-likeness (QED) is 0.541. The van der Waals surface area contributed by atoms with Crippen LogP contribution >= 0.6 is 0 Å². The molecule has 5 rings (SSSR count). The first-order valence-electron chi connectivity index (χ1n) is 8.78. The van der Waals surface area contributed by atoms with E-state index in [1.54, 1.807) is 17.2 Å². The first-order valence-corrected chi connectivity index (χ1v) is 8.78. The second-order valence-corrected chi connectivity index (χ2v) is 6.84. The number of rotatable bonds is 3. The van der Waals surface area contributed by atoms with Gasteiger partial charge in [0.15, 0.2) is 5.65 Å². The molecule has 140 valence electrons. The Labute approximate surface area is 151 Å². The Bertz CT molecular complexity index is 1190. The minimum absolute atomic E-state index is 0.223. The van der Waals surface area contributed by atoms with Gasteiger partial charge in [-0.05, 0) is 25.3 Å². The van der Waals surface area contributed by atoms with Gasteiger partial charge in [-0.3, -0.25) is 4.98 Å². The topological polar surface area (TPSA) is 128 Å². The summed E-state index contributed by atoms with van der Waals surface area (Å²) in [6.45, 7) is 0.789. The van der Waals surface area contributed by atoms with E-state index in [0.29, 0.717) is 35.4 Å². The summed E-state index contributed by atoms with van der Waals surface area (Å²) >= 11 is 0. The van der Waals surface area contributed by atoms with Gasteiger partial charge >= 0.3 is 5.69 Å². The monoisotopic (exact) mass is 372 g/mol. The smallest absolute Gasteiger partial charge is 0.326 e. The lowest BCUT2D eigenvalue weighted by atomic mass is 10.3. The highest BCUT2D eigenvalue weighted by Gasteiger charge is 2.25. The summed E-state index contributed by atoms with van der Waals surface area (Å²) in [6, 6.07) is 0.227. The molecule has 0 aromatic carbocycles. The van der Waals surface area contributed by atoms with Gasteiger partial charge < -0.3 is 15.0 Å². The SMILES string of the molecule is O=c1[nH]c(O)c(C=c2cnn3c(=NC4CC4)nc(N4CC[C@H](F)C4)nc23)[nH]1. The fraction of sp³-hybridized carbons (Fsp3) is 0.438. The molecule has 0 radical (unpaired) electrons. The predicted octanol–water partition coefficient (Wildman–Crippen LogP) is -0.995. The van der Waals surface area contributed by atoms with E-state index in [2.05, 4.69) is 30.0 Å². The van der Waals surface area contributed by atoms with Gasteiger partial charge in [-0.2, -0.15) is 19.6 Å². The van der Waals surface area contributed by atoms with Gasteiger partial charge in [0.25, 0.3) is 5.62 Å². The van der Waals surface area contributed by atoms with E-state index in [4.69, 9.17) is 0 Å². The van der Waals surface area contributed by atoms with Gasteiger partial charge in [0.1, 0.15) is 11.9 Å². The molecule has 10 nitrogen and oxygen atoms in total. The summed E-state index contributed by atoms with van der Waals surface area (Å²) in [6.07, 6.45) is 4.69. The van der Waals surface area contributed by atoms with Crippen molar-refractivity contribution in [3.05, 3.63) is 33.2 Å². The van der Waals surface area contributed by atoms with Crippen LogP contribution in [0.2, 0.25) is 0 Å². The van der Waals surface area contributed by atoms with Crippen LogP contribution in [0.3, 0.4) is 0 Å². The lowest BCUT2D eigenvalue weighted by molar-refractivity contribution is 0.364. The summed E-state index contributed by atoms with van der Waals surface area (Å²) in [4.78, 5) is 31.5. The van der Waals surface area contributed by atoms with Gasteiger partial charge in [-0.15, -0.1) is 0 Å². The fourth-order valence-corrected chi connectivity index (χ4v) is 3.11. The zero-order chi connectivity index (χ0) is 18.5. The molecule has 3 aromatic heterocycles. The van der Waals surface area contributed by atoms with Crippen molar-refractivity contribution in [1.29, 1.82) is 0 Å². The third-order valence-electron chi connectivity index (χ3n) is 4.66. The molecule has 1 atom stereocenters. The van der Waals surface area contributed by atoms with Crippen molar-refractivity contribution >= 4 is 17.7 Å². The van der Waals surface area contributed by atoms with Crippen molar-refractivity contribution in [1.82, 2.24) is 29.5 Å². The Morgan fingerprint density at radius 1 is 1.30 bits per heavy atom. The maximum Gasteiger partial charge on any atom is 0.326 e. The van der Waals surface area contributed by atoms with E-state index < -0.39 is 11.9 Å². The average Bonchev–Trinajstić information content (AvgIpc) is 3.04. The van der Waals surface area contributed by atoms with Gasteiger partial charge in [-0.1, -0.05) is 0 Å². The standard InChI is InChI=1S/C16H17FN8O2/c17-9-3-4-24(7-9)14-21-12-8(5-11-13(26)22-16(27)20-11)6-18-25(12)15(23-14)19-10-1-2-10/h5-6,9-10,26H,1-4,7H2,(H2,20,22,27)/t9-/m0/s1. The van der Waals surface area contributed by atoms with Crippen LogP contribution in [-0.4, -0.2) is 60.0 Å². The Balaban J connectivity index is 1.71. The van der Waals surface area contributed by atoms with E-state index in [9.17, 15) is 14.3 Å². The zero-order valence-corrected chi connectivity index (χ0v) is 14.3. The molecule has 1 aliphatic heterocycles. The number of fused-ring (bicyclic) bond motifs is 1. The Morgan fingerprint density at radius 2 is 2.15 bits per heavy atom. The van der Waals surface area contributed by atoms with Crippen LogP contribution in [-0.2, 0) is 0 Å². The molecule has 0 bridgehead atoms. The first kappa shape index (κ1) is 16.0. The summed E-state index contributed by atoms with van der Waals surface area (Å²) in [5.41, 5.74) is 0.608. The first-order chi connectivity index (χ1) is 13.1. The number of aromatic amines is 2. The van der Waals surface area contributed by atoms with Crippen LogP contribution in [0.4, 0.5) is 10.3 Å².